The summed E-state index contributed by atoms with van der Waals surface area (Å²) in [6, 6.07) is 0.284. The van der Waals surface area contributed by atoms with Crippen LogP contribution in [0.3, 0.4) is 0 Å². The Morgan fingerprint density at radius 1 is 1.52 bits per heavy atom. The van der Waals surface area contributed by atoms with Crippen LogP contribution in [0.15, 0.2) is 12.4 Å². The number of ether oxygens (including phenoxy) is 1. The Labute approximate surface area is 129 Å². The number of rotatable bonds is 5. The lowest BCUT2D eigenvalue weighted by Crippen LogP contribution is -2.49. The van der Waals surface area contributed by atoms with Crippen molar-refractivity contribution in [2.75, 3.05) is 25.5 Å². The van der Waals surface area contributed by atoms with Crippen molar-refractivity contribution in [1.82, 2.24) is 20.2 Å². The van der Waals surface area contributed by atoms with Gasteiger partial charge in [-0.05, 0) is 24.8 Å². The molecule has 0 saturated carbocycles. The van der Waals surface area contributed by atoms with Gasteiger partial charge in [0.1, 0.15) is 6.10 Å². The van der Waals surface area contributed by atoms with Crippen molar-refractivity contribution in [2.45, 2.75) is 32.3 Å². The second kappa shape index (κ2) is 8.02. The Morgan fingerprint density at radius 2 is 2.29 bits per heavy atom. The average molecular weight is 313 g/mol. The highest BCUT2D eigenvalue weighted by Crippen LogP contribution is 2.15. The normalized spacial score (nSPS) is 18.4. The van der Waals surface area contributed by atoms with E-state index in [1.54, 1.807) is 17.3 Å². The van der Waals surface area contributed by atoms with E-state index >= 15 is 0 Å². The Kier molecular flexibility index (Phi) is 6.04. The molecule has 1 aromatic rings. The third-order valence-electron chi connectivity index (χ3n) is 3.40. The van der Waals surface area contributed by atoms with Crippen molar-refractivity contribution in [1.29, 1.82) is 0 Å². The van der Waals surface area contributed by atoms with E-state index in [2.05, 4.69) is 22.2 Å². The lowest BCUT2D eigenvalue weighted by atomic mass is 10.1. The lowest BCUT2D eigenvalue weighted by Gasteiger charge is -2.32. The summed E-state index contributed by atoms with van der Waals surface area (Å²) in [7, 11) is 0. The van der Waals surface area contributed by atoms with E-state index in [1.165, 1.54) is 0 Å². The summed E-state index contributed by atoms with van der Waals surface area (Å²) in [6.07, 6.45) is 6.20. The van der Waals surface area contributed by atoms with Crippen LogP contribution in [-0.4, -0.2) is 52.5 Å². The zero-order valence-electron chi connectivity index (χ0n) is 12.2. The molecule has 1 aliphatic heterocycles. The molecule has 1 unspecified atom stereocenters. The molecule has 0 aromatic carbocycles. The van der Waals surface area contributed by atoms with E-state index in [0.29, 0.717) is 25.0 Å². The number of hydrogen-bond acceptors (Lipinski definition) is 4. The Morgan fingerprint density at radius 3 is 2.95 bits per heavy atom. The highest BCUT2D eigenvalue weighted by Gasteiger charge is 2.25. The molecule has 1 aromatic heterocycles. The van der Waals surface area contributed by atoms with Crippen molar-refractivity contribution < 1.29 is 9.53 Å². The topological polar surface area (TPSA) is 67.3 Å². The largest absolute Gasteiger partial charge is 0.458 e. The number of aryl methyl sites for hydroxylation is 1. The van der Waals surface area contributed by atoms with Crippen LogP contribution in [0.5, 0.6) is 6.01 Å². The van der Waals surface area contributed by atoms with E-state index in [-0.39, 0.29) is 12.1 Å². The number of aromatic nitrogens is 2. The van der Waals surface area contributed by atoms with E-state index in [0.717, 1.165) is 31.4 Å². The number of likely N-dealkylation sites (tertiary alicyclic amines) is 1. The quantitative estimate of drug-likeness (QED) is 0.842. The standard InChI is InChI=1S/C14H21ClN4O2/c1-2-11-8-17-13(18-9-11)21-12-4-3-7-19(10-12)14(20)16-6-5-15/h8-9,12H,2-7,10H2,1H3,(H,16,20). The summed E-state index contributed by atoms with van der Waals surface area (Å²) in [5.74, 6) is 0.414. The number of amides is 2. The Bertz CT molecular complexity index is 455. The van der Waals surface area contributed by atoms with Gasteiger partial charge in [0.05, 0.1) is 6.54 Å². The van der Waals surface area contributed by atoms with E-state index in [9.17, 15) is 4.79 Å². The molecule has 21 heavy (non-hydrogen) atoms. The van der Waals surface area contributed by atoms with Crippen LogP contribution in [0.25, 0.3) is 0 Å². The van der Waals surface area contributed by atoms with E-state index in [4.69, 9.17) is 16.3 Å². The summed E-state index contributed by atoms with van der Waals surface area (Å²) < 4.78 is 5.77. The number of urea groups is 1. The highest BCUT2D eigenvalue weighted by molar-refractivity contribution is 6.18. The molecule has 0 spiro atoms. The van der Waals surface area contributed by atoms with Gasteiger partial charge in [-0.15, -0.1) is 11.6 Å². The first kappa shape index (κ1) is 15.8. The fourth-order valence-electron chi connectivity index (χ4n) is 2.22. The van der Waals surface area contributed by atoms with Gasteiger partial charge in [-0.3, -0.25) is 0 Å². The van der Waals surface area contributed by atoms with Gasteiger partial charge in [0.25, 0.3) is 0 Å². The van der Waals surface area contributed by atoms with Crippen LogP contribution < -0.4 is 10.1 Å². The van der Waals surface area contributed by atoms with Gasteiger partial charge in [0, 0.05) is 31.4 Å². The van der Waals surface area contributed by atoms with Crippen LogP contribution in [0.4, 0.5) is 4.79 Å². The molecule has 2 heterocycles. The number of carbonyl (C=O) groups excluding carboxylic acids is 1. The first-order chi connectivity index (χ1) is 10.2. The fourth-order valence-corrected chi connectivity index (χ4v) is 2.31. The maximum absolute atomic E-state index is 11.9. The fraction of sp³-hybridized carbons (Fsp3) is 0.643. The lowest BCUT2D eigenvalue weighted by molar-refractivity contribution is 0.0941. The molecule has 7 heteroatoms. The SMILES string of the molecule is CCc1cnc(OC2CCCN(C(=O)NCCCl)C2)nc1. The van der Waals surface area contributed by atoms with Crippen LogP contribution in [0.1, 0.15) is 25.3 Å². The second-order valence-electron chi connectivity index (χ2n) is 4.98. The van der Waals surface area contributed by atoms with Gasteiger partial charge in [-0.25, -0.2) is 14.8 Å². The summed E-state index contributed by atoms with van der Waals surface area (Å²) in [4.78, 5) is 22.0. The van der Waals surface area contributed by atoms with Crippen LogP contribution in [0.2, 0.25) is 0 Å². The van der Waals surface area contributed by atoms with Gasteiger partial charge >= 0.3 is 12.0 Å². The molecule has 2 amide bonds. The van der Waals surface area contributed by atoms with E-state index < -0.39 is 0 Å². The van der Waals surface area contributed by atoms with Gasteiger partial charge < -0.3 is 15.0 Å². The molecule has 1 fully saturated rings. The maximum atomic E-state index is 11.9. The van der Waals surface area contributed by atoms with Crippen LogP contribution in [0, 0.1) is 0 Å². The number of nitrogens with one attached hydrogen (secondary N) is 1. The van der Waals surface area contributed by atoms with Crippen molar-refractivity contribution in [2.24, 2.45) is 0 Å². The summed E-state index contributed by atoms with van der Waals surface area (Å²) in [5, 5.41) is 2.77. The number of carbonyl (C=O) groups is 1. The van der Waals surface area contributed by atoms with Crippen molar-refractivity contribution >= 4 is 17.6 Å². The zero-order valence-corrected chi connectivity index (χ0v) is 13.0. The molecule has 1 N–H and O–H groups in total. The third-order valence-corrected chi connectivity index (χ3v) is 3.59. The summed E-state index contributed by atoms with van der Waals surface area (Å²) in [5.41, 5.74) is 1.08. The molecule has 0 bridgehead atoms. The minimum absolute atomic E-state index is 0.0621. The Balaban J connectivity index is 1.86. The van der Waals surface area contributed by atoms with Crippen LogP contribution in [-0.2, 0) is 6.42 Å². The van der Waals surface area contributed by atoms with Crippen molar-refractivity contribution in [3.63, 3.8) is 0 Å². The number of hydrogen-bond donors (Lipinski definition) is 1. The molecule has 116 valence electrons. The molecule has 2 rings (SSSR count). The highest BCUT2D eigenvalue weighted by atomic mass is 35.5. The monoisotopic (exact) mass is 312 g/mol. The maximum Gasteiger partial charge on any atom is 0.317 e. The molecule has 0 radical (unpaired) electrons. The molecular weight excluding hydrogens is 292 g/mol. The first-order valence-corrected chi connectivity index (χ1v) is 7.82. The molecule has 0 aliphatic carbocycles. The van der Waals surface area contributed by atoms with Gasteiger partial charge in [-0.1, -0.05) is 6.92 Å². The van der Waals surface area contributed by atoms with Crippen LogP contribution >= 0.6 is 11.6 Å². The minimum Gasteiger partial charge on any atom is -0.458 e. The average Bonchev–Trinajstić information content (AvgIpc) is 2.53. The number of nitrogens with zero attached hydrogens (tertiary/aromatic N) is 3. The summed E-state index contributed by atoms with van der Waals surface area (Å²) >= 11 is 5.57. The second-order valence-corrected chi connectivity index (χ2v) is 5.35. The predicted octanol–water partition coefficient (Wildman–Crippen LogP) is 1.83. The van der Waals surface area contributed by atoms with Gasteiger partial charge in [0.15, 0.2) is 0 Å². The van der Waals surface area contributed by atoms with Crippen molar-refractivity contribution in [3.05, 3.63) is 18.0 Å². The molecular formula is C14H21ClN4O2. The summed E-state index contributed by atoms with van der Waals surface area (Å²) in [6.45, 7) is 3.82. The smallest absolute Gasteiger partial charge is 0.317 e. The molecule has 1 atom stereocenters. The predicted molar refractivity (Wildman–Crippen MR) is 80.8 cm³/mol. The number of piperidine rings is 1. The van der Waals surface area contributed by atoms with E-state index in [1.807, 2.05) is 0 Å². The zero-order chi connectivity index (χ0) is 15.1. The minimum atomic E-state index is -0.0915. The third kappa shape index (κ3) is 4.74. The first-order valence-electron chi connectivity index (χ1n) is 7.29. The molecule has 6 nitrogen and oxygen atoms in total. The molecule has 1 aliphatic rings. The van der Waals surface area contributed by atoms with Gasteiger partial charge in [-0.2, -0.15) is 0 Å². The number of alkyl halides is 1. The van der Waals surface area contributed by atoms with Gasteiger partial charge in [0.2, 0.25) is 0 Å². The van der Waals surface area contributed by atoms with Crippen molar-refractivity contribution in [3.8, 4) is 6.01 Å². The molecule has 1 saturated heterocycles. The number of halogens is 1. The Hall–Kier alpha value is -1.56.